The molecule has 1 aromatic heterocycles. The van der Waals surface area contributed by atoms with Crippen molar-refractivity contribution in [2.24, 2.45) is 0 Å². The maximum atomic E-state index is 12.2. The van der Waals surface area contributed by atoms with Crippen molar-refractivity contribution in [3.05, 3.63) is 107 Å². The van der Waals surface area contributed by atoms with Gasteiger partial charge in [0.2, 0.25) is 0 Å². The lowest BCUT2D eigenvalue weighted by Gasteiger charge is -2.13. The van der Waals surface area contributed by atoms with E-state index in [9.17, 15) is 9.90 Å². The van der Waals surface area contributed by atoms with Crippen LogP contribution < -0.4 is 4.74 Å². The van der Waals surface area contributed by atoms with Gasteiger partial charge in [-0.2, -0.15) is 0 Å². The summed E-state index contributed by atoms with van der Waals surface area (Å²) in [6.07, 6.45) is 2.02. The Morgan fingerprint density at radius 2 is 1.58 bits per heavy atom. The standard InChI is InChI=1S/C26H23NO4/c1-30-25(20(26(28)29)15-18-9-4-2-5-10-18)21-16-27-22-13-8-14-23(24(21)22)31-17-19-11-6-3-7-12-19/h2-14,16,27H,15,17H2,1H3,(H,28,29). The van der Waals surface area contributed by atoms with Crippen molar-refractivity contribution >= 4 is 22.6 Å². The van der Waals surface area contributed by atoms with Crippen LogP contribution in [0.2, 0.25) is 0 Å². The predicted molar refractivity (Wildman–Crippen MR) is 121 cm³/mol. The van der Waals surface area contributed by atoms with Crippen LogP contribution in [0.1, 0.15) is 16.7 Å². The topological polar surface area (TPSA) is 71.5 Å². The molecule has 0 radical (unpaired) electrons. The normalized spacial score (nSPS) is 11.8. The molecule has 3 aromatic carbocycles. The van der Waals surface area contributed by atoms with Crippen molar-refractivity contribution in [1.29, 1.82) is 0 Å². The Morgan fingerprint density at radius 1 is 0.903 bits per heavy atom. The third kappa shape index (κ3) is 4.46. The highest BCUT2D eigenvalue weighted by molar-refractivity contribution is 6.02. The smallest absolute Gasteiger partial charge is 0.335 e. The Morgan fingerprint density at radius 3 is 2.23 bits per heavy atom. The number of methoxy groups -OCH3 is 1. The van der Waals surface area contributed by atoms with Gasteiger partial charge in [0.15, 0.2) is 0 Å². The molecule has 0 atom stereocenters. The van der Waals surface area contributed by atoms with Crippen molar-refractivity contribution in [2.45, 2.75) is 13.0 Å². The molecule has 0 saturated heterocycles. The number of ether oxygens (including phenoxy) is 2. The average Bonchev–Trinajstić information content (AvgIpc) is 3.23. The molecule has 1 heterocycles. The van der Waals surface area contributed by atoms with Crippen LogP contribution >= 0.6 is 0 Å². The van der Waals surface area contributed by atoms with Crippen molar-refractivity contribution in [2.75, 3.05) is 7.11 Å². The molecule has 0 unspecified atom stereocenters. The van der Waals surface area contributed by atoms with Crippen LogP contribution in [0.25, 0.3) is 16.7 Å². The van der Waals surface area contributed by atoms with Gasteiger partial charge < -0.3 is 19.6 Å². The molecular weight excluding hydrogens is 390 g/mol. The Bertz CT molecular complexity index is 1210. The summed E-state index contributed by atoms with van der Waals surface area (Å²) >= 11 is 0. The van der Waals surface area contributed by atoms with E-state index < -0.39 is 5.97 Å². The summed E-state index contributed by atoms with van der Waals surface area (Å²) in [4.78, 5) is 15.4. The molecule has 0 fully saturated rings. The molecular formula is C26H23NO4. The van der Waals surface area contributed by atoms with Gasteiger partial charge in [-0.15, -0.1) is 0 Å². The van der Waals surface area contributed by atoms with Crippen LogP contribution in [-0.4, -0.2) is 23.2 Å². The van der Waals surface area contributed by atoms with Crippen molar-refractivity contribution < 1.29 is 19.4 Å². The van der Waals surface area contributed by atoms with Gasteiger partial charge in [-0.1, -0.05) is 66.7 Å². The molecule has 2 N–H and O–H groups in total. The van der Waals surface area contributed by atoms with Gasteiger partial charge in [0.25, 0.3) is 0 Å². The highest BCUT2D eigenvalue weighted by Gasteiger charge is 2.22. The number of carbonyl (C=O) groups is 1. The van der Waals surface area contributed by atoms with E-state index in [0.717, 1.165) is 22.0 Å². The Balaban J connectivity index is 1.77. The zero-order valence-corrected chi connectivity index (χ0v) is 17.2. The average molecular weight is 413 g/mol. The molecule has 5 nitrogen and oxygen atoms in total. The highest BCUT2D eigenvalue weighted by atomic mass is 16.5. The molecule has 0 aliphatic heterocycles. The molecule has 5 heteroatoms. The van der Waals surface area contributed by atoms with Crippen LogP contribution in [0.4, 0.5) is 0 Å². The minimum Gasteiger partial charge on any atom is -0.495 e. The van der Waals surface area contributed by atoms with Gasteiger partial charge in [0.1, 0.15) is 18.1 Å². The second kappa shape index (κ2) is 9.22. The van der Waals surface area contributed by atoms with E-state index in [1.807, 2.05) is 78.9 Å². The number of fused-ring (bicyclic) bond motifs is 1. The van der Waals surface area contributed by atoms with Crippen LogP contribution in [-0.2, 0) is 22.6 Å². The third-order valence-electron chi connectivity index (χ3n) is 5.11. The highest BCUT2D eigenvalue weighted by Crippen LogP contribution is 2.35. The summed E-state index contributed by atoms with van der Waals surface area (Å²) in [5.74, 6) is -0.0345. The Kier molecular flexibility index (Phi) is 6.03. The molecule has 156 valence electrons. The number of aromatic nitrogens is 1. The SMILES string of the molecule is COC(=C(Cc1ccccc1)C(=O)O)c1c[nH]c2cccc(OCc3ccccc3)c12. The number of hydrogen-bond donors (Lipinski definition) is 2. The maximum absolute atomic E-state index is 12.2. The minimum atomic E-state index is -1.02. The monoisotopic (exact) mass is 413 g/mol. The third-order valence-corrected chi connectivity index (χ3v) is 5.11. The summed E-state index contributed by atoms with van der Waals surface area (Å²) in [5.41, 5.74) is 3.64. The van der Waals surface area contributed by atoms with E-state index in [1.165, 1.54) is 7.11 Å². The van der Waals surface area contributed by atoms with E-state index >= 15 is 0 Å². The predicted octanol–water partition coefficient (Wildman–Crippen LogP) is 5.43. The zero-order valence-electron chi connectivity index (χ0n) is 17.2. The molecule has 0 saturated carbocycles. The number of rotatable bonds is 8. The minimum absolute atomic E-state index is 0.187. The fourth-order valence-corrected chi connectivity index (χ4v) is 3.63. The van der Waals surface area contributed by atoms with Gasteiger partial charge >= 0.3 is 5.97 Å². The van der Waals surface area contributed by atoms with Crippen LogP contribution in [0.5, 0.6) is 5.75 Å². The number of carboxylic acids is 1. The van der Waals surface area contributed by atoms with Crippen molar-refractivity contribution in [1.82, 2.24) is 4.98 Å². The summed E-state index contributed by atoms with van der Waals surface area (Å²) in [6, 6.07) is 25.1. The molecule has 0 amide bonds. The first-order valence-electron chi connectivity index (χ1n) is 9.99. The zero-order chi connectivity index (χ0) is 21.6. The van der Waals surface area contributed by atoms with Gasteiger partial charge in [-0.3, -0.25) is 0 Å². The number of benzene rings is 3. The molecule has 0 spiro atoms. The molecule has 4 aromatic rings. The van der Waals surface area contributed by atoms with Gasteiger partial charge in [-0.25, -0.2) is 4.79 Å². The fourth-order valence-electron chi connectivity index (χ4n) is 3.63. The number of carboxylic acid groups (broad SMARTS) is 1. The molecule has 0 aliphatic carbocycles. The Labute approximate surface area is 180 Å². The Hall–Kier alpha value is -3.99. The first-order chi connectivity index (χ1) is 15.2. The lowest BCUT2D eigenvalue weighted by Crippen LogP contribution is -2.09. The second-order valence-electron chi connectivity index (χ2n) is 7.13. The van der Waals surface area contributed by atoms with Gasteiger partial charge in [0, 0.05) is 23.7 Å². The van der Waals surface area contributed by atoms with E-state index in [0.29, 0.717) is 23.7 Å². The molecule has 0 aliphatic rings. The summed E-state index contributed by atoms with van der Waals surface area (Å²) < 4.78 is 11.8. The molecule has 4 rings (SSSR count). The number of hydrogen-bond acceptors (Lipinski definition) is 3. The lowest BCUT2D eigenvalue weighted by atomic mass is 10.00. The van der Waals surface area contributed by atoms with E-state index in [4.69, 9.17) is 9.47 Å². The molecule has 31 heavy (non-hydrogen) atoms. The number of H-pyrrole nitrogens is 1. The first-order valence-corrected chi connectivity index (χ1v) is 9.99. The summed E-state index contributed by atoms with van der Waals surface area (Å²) in [7, 11) is 1.50. The second-order valence-corrected chi connectivity index (χ2v) is 7.13. The van der Waals surface area contributed by atoms with E-state index in [-0.39, 0.29) is 12.0 Å². The summed E-state index contributed by atoms with van der Waals surface area (Å²) in [5, 5.41) is 10.7. The van der Waals surface area contributed by atoms with Crippen LogP contribution in [0, 0.1) is 0 Å². The number of aromatic amines is 1. The van der Waals surface area contributed by atoms with Crippen molar-refractivity contribution in [3.8, 4) is 5.75 Å². The van der Waals surface area contributed by atoms with Crippen LogP contribution in [0.3, 0.4) is 0 Å². The molecule has 0 bridgehead atoms. The number of nitrogens with one attached hydrogen (secondary N) is 1. The van der Waals surface area contributed by atoms with Gasteiger partial charge in [0.05, 0.1) is 18.1 Å². The van der Waals surface area contributed by atoms with Crippen LogP contribution in [0.15, 0.2) is 90.6 Å². The van der Waals surface area contributed by atoms with Crippen molar-refractivity contribution in [3.63, 3.8) is 0 Å². The summed E-state index contributed by atoms with van der Waals surface area (Å²) in [6.45, 7) is 0.409. The number of aliphatic carboxylic acids is 1. The first kappa shape index (κ1) is 20.3. The lowest BCUT2D eigenvalue weighted by molar-refractivity contribution is -0.132. The van der Waals surface area contributed by atoms with Gasteiger partial charge in [-0.05, 0) is 23.3 Å². The largest absolute Gasteiger partial charge is 0.495 e. The fraction of sp³-hybridized carbons (Fsp3) is 0.115. The maximum Gasteiger partial charge on any atom is 0.335 e. The quantitative estimate of drug-likeness (QED) is 0.298. The van der Waals surface area contributed by atoms with E-state index in [1.54, 1.807) is 6.20 Å². The van der Waals surface area contributed by atoms with E-state index in [2.05, 4.69) is 4.98 Å².